The number of amides is 1. The van der Waals surface area contributed by atoms with Crippen molar-refractivity contribution in [3.63, 3.8) is 0 Å². The van der Waals surface area contributed by atoms with Crippen LogP contribution in [0.25, 0.3) is 0 Å². The number of nitrogens with one attached hydrogen (secondary N) is 2. The Kier molecular flexibility index (Phi) is 6.53. The third kappa shape index (κ3) is 6.04. The number of hydrogen-bond acceptors (Lipinski definition) is 4. The third-order valence-electron chi connectivity index (χ3n) is 4.38. The largest absolute Gasteiger partial charge is 0.346 e. The predicted molar refractivity (Wildman–Crippen MR) is 105 cm³/mol. The van der Waals surface area contributed by atoms with E-state index in [1.54, 1.807) is 17.5 Å². The maximum Gasteiger partial charge on any atom is 0.275 e. The van der Waals surface area contributed by atoms with Crippen molar-refractivity contribution in [2.24, 2.45) is 5.41 Å². The predicted octanol–water partition coefficient (Wildman–Crippen LogP) is 0.968. The zero-order valence-corrected chi connectivity index (χ0v) is 18.1. The number of carbonyl (C=O) groups is 1. The molecule has 0 spiro atoms. The van der Waals surface area contributed by atoms with E-state index < -0.39 is 10.0 Å². The second kappa shape index (κ2) is 7.96. The van der Waals surface area contributed by atoms with Gasteiger partial charge in [-0.2, -0.15) is 4.31 Å². The molecule has 0 aliphatic carbocycles. The van der Waals surface area contributed by atoms with Crippen molar-refractivity contribution in [2.45, 2.75) is 50.8 Å². The first-order chi connectivity index (χ1) is 11.9. The minimum atomic E-state index is -3.38. The normalized spacial score (nSPS) is 18.0. The monoisotopic (exact) mass is 402 g/mol. The molecule has 26 heavy (non-hydrogen) atoms. The van der Waals surface area contributed by atoms with E-state index in [4.69, 9.17) is 0 Å². The van der Waals surface area contributed by atoms with Gasteiger partial charge < -0.3 is 10.2 Å². The summed E-state index contributed by atoms with van der Waals surface area (Å²) in [6.45, 7) is 13.2. The Morgan fingerprint density at radius 1 is 1.23 bits per heavy atom. The molecule has 1 saturated heterocycles. The number of rotatable bonds is 6. The number of quaternary nitrogens is 1. The summed E-state index contributed by atoms with van der Waals surface area (Å²) in [5, 5.41) is 4.91. The molecule has 1 aromatic rings. The van der Waals surface area contributed by atoms with E-state index in [-0.39, 0.29) is 16.9 Å². The Labute approximate surface area is 161 Å². The summed E-state index contributed by atoms with van der Waals surface area (Å²) in [7, 11) is -3.38. The number of piperazine rings is 1. The van der Waals surface area contributed by atoms with E-state index >= 15 is 0 Å². The van der Waals surface area contributed by atoms with Gasteiger partial charge in [-0.25, -0.2) is 8.42 Å². The van der Waals surface area contributed by atoms with E-state index in [1.807, 2.05) is 0 Å². The fraction of sp³-hybridized carbons (Fsp3) is 0.722. The van der Waals surface area contributed by atoms with Crippen molar-refractivity contribution >= 4 is 27.3 Å². The molecule has 0 aromatic carbocycles. The fourth-order valence-electron chi connectivity index (χ4n) is 3.78. The molecular weight excluding hydrogens is 370 g/mol. The molecule has 2 rings (SSSR count). The highest BCUT2D eigenvalue weighted by Crippen LogP contribution is 2.26. The van der Waals surface area contributed by atoms with Crippen LogP contribution in [0, 0.1) is 5.41 Å². The van der Waals surface area contributed by atoms with Crippen molar-refractivity contribution in [1.82, 2.24) is 9.62 Å². The summed E-state index contributed by atoms with van der Waals surface area (Å²) in [5.74, 6) is 0.0313. The maximum atomic E-state index is 12.5. The lowest BCUT2D eigenvalue weighted by molar-refractivity contribution is -0.895. The molecule has 1 fully saturated rings. The molecule has 0 radical (unpaired) electrons. The van der Waals surface area contributed by atoms with Crippen LogP contribution in [0.3, 0.4) is 0 Å². The first kappa shape index (κ1) is 21.3. The number of thiophene rings is 1. The van der Waals surface area contributed by atoms with Gasteiger partial charge in [0.2, 0.25) is 0 Å². The molecule has 0 unspecified atom stereocenters. The Morgan fingerprint density at radius 2 is 1.85 bits per heavy atom. The third-order valence-corrected chi connectivity index (χ3v) is 7.65. The van der Waals surface area contributed by atoms with Crippen LogP contribution in [-0.4, -0.2) is 56.9 Å². The van der Waals surface area contributed by atoms with E-state index in [1.165, 1.54) is 15.6 Å². The maximum absolute atomic E-state index is 12.5. The van der Waals surface area contributed by atoms with Crippen LogP contribution in [0.5, 0.6) is 0 Å². The van der Waals surface area contributed by atoms with Gasteiger partial charge in [0.15, 0.2) is 6.54 Å². The number of sulfonamides is 1. The Hall–Kier alpha value is -0.960. The minimum Gasteiger partial charge on any atom is -0.346 e. The van der Waals surface area contributed by atoms with E-state index in [0.717, 1.165) is 11.3 Å². The van der Waals surface area contributed by atoms with Gasteiger partial charge in [0.1, 0.15) is 4.21 Å². The molecule has 1 amide bonds. The number of carbonyl (C=O) groups excluding carboxylic acids is 1. The second-order valence-corrected chi connectivity index (χ2v) is 12.0. The molecule has 2 N–H and O–H groups in total. The SMILES string of the molecule is CC(C)(C)CC(C)(C)NC(=O)C[NH+]1CCN(S(=O)(=O)c2cccs2)CC1. The molecule has 0 saturated carbocycles. The van der Waals surface area contributed by atoms with Gasteiger partial charge in [-0.15, -0.1) is 11.3 Å². The van der Waals surface area contributed by atoms with Gasteiger partial charge in [0, 0.05) is 5.54 Å². The second-order valence-electron chi connectivity index (χ2n) is 8.93. The molecular formula is C18H32N3O3S2+. The first-order valence-electron chi connectivity index (χ1n) is 9.07. The summed E-state index contributed by atoms with van der Waals surface area (Å²) in [5.41, 5.74) is -0.107. The Balaban J connectivity index is 1.84. The molecule has 2 heterocycles. The lowest BCUT2D eigenvalue weighted by Gasteiger charge is -2.34. The molecule has 1 aliphatic heterocycles. The molecule has 6 nitrogen and oxygen atoms in total. The van der Waals surface area contributed by atoms with Crippen LogP contribution < -0.4 is 10.2 Å². The van der Waals surface area contributed by atoms with Gasteiger partial charge in [-0.3, -0.25) is 4.79 Å². The smallest absolute Gasteiger partial charge is 0.275 e. The molecule has 0 bridgehead atoms. The van der Waals surface area contributed by atoms with Gasteiger partial charge in [-0.05, 0) is 37.1 Å². The van der Waals surface area contributed by atoms with Crippen LogP contribution in [0.15, 0.2) is 21.7 Å². The lowest BCUT2D eigenvalue weighted by atomic mass is 9.82. The van der Waals surface area contributed by atoms with Crippen LogP contribution in [0.1, 0.15) is 41.0 Å². The minimum absolute atomic E-state index is 0.0313. The Bertz CT molecular complexity index is 699. The standard InChI is InChI=1S/C18H31N3O3S2/c1-17(2,3)14-18(4,5)19-15(22)13-20-8-10-21(11-9-20)26(23,24)16-7-6-12-25-16/h6-7,12H,8-11,13-14H2,1-5H3,(H,19,22)/p+1. The van der Waals surface area contributed by atoms with Gasteiger partial charge in [0.05, 0.1) is 26.2 Å². The molecule has 148 valence electrons. The molecule has 0 atom stereocenters. The van der Waals surface area contributed by atoms with Crippen LogP contribution in [0.2, 0.25) is 0 Å². The summed E-state index contributed by atoms with van der Waals surface area (Å²) in [6.07, 6.45) is 0.897. The molecule has 1 aromatic heterocycles. The Morgan fingerprint density at radius 3 is 2.35 bits per heavy atom. The van der Waals surface area contributed by atoms with Gasteiger partial charge >= 0.3 is 0 Å². The van der Waals surface area contributed by atoms with Crippen molar-refractivity contribution in [1.29, 1.82) is 0 Å². The topological polar surface area (TPSA) is 70.9 Å². The first-order valence-corrected chi connectivity index (χ1v) is 11.4. The van der Waals surface area contributed by atoms with Crippen molar-refractivity contribution in [3.8, 4) is 0 Å². The summed E-state index contributed by atoms with van der Waals surface area (Å²) in [4.78, 5) is 13.5. The van der Waals surface area contributed by atoms with Crippen LogP contribution in [-0.2, 0) is 14.8 Å². The average Bonchev–Trinajstić information content (AvgIpc) is 2.99. The highest BCUT2D eigenvalue weighted by molar-refractivity contribution is 7.91. The van der Waals surface area contributed by atoms with E-state index in [2.05, 4.69) is 39.9 Å². The van der Waals surface area contributed by atoms with Crippen LogP contribution in [0.4, 0.5) is 0 Å². The van der Waals surface area contributed by atoms with Crippen LogP contribution >= 0.6 is 11.3 Å². The van der Waals surface area contributed by atoms with Crippen molar-refractivity contribution < 1.29 is 18.1 Å². The average molecular weight is 403 g/mol. The van der Waals surface area contributed by atoms with Gasteiger partial charge in [0.25, 0.3) is 15.9 Å². The molecule has 1 aliphatic rings. The zero-order chi connectivity index (χ0) is 19.6. The lowest BCUT2D eigenvalue weighted by Crippen LogP contribution is -3.16. The summed E-state index contributed by atoms with van der Waals surface area (Å²) in [6, 6.07) is 3.40. The quantitative estimate of drug-likeness (QED) is 0.745. The fourth-order valence-corrected chi connectivity index (χ4v) is 6.36. The zero-order valence-electron chi connectivity index (χ0n) is 16.5. The summed E-state index contributed by atoms with van der Waals surface area (Å²) >= 11 is 1.25. The van der Waals surface area contributed by atoms with Crippen molar-refractivity contribution in [3.05, 3.63) is 17.5 Å². The van der Waals surface area contributed by atoms with Gasteiger partial charge in [-0.1, -0.05) is 26.8 Å². The van der Waals surface area contributed by atoms with E-state index in [0.29, 0.717) is 36.9 Å². The highest BCUT2D eigenvalue weighted by atomic mass is 32.2. The van der Waals surface area contributed by atoms with Crippen molar-refractivity contribution in [2.75, 3.05) is 32.7 Å². The van der Waals surface area contributed by atoms with E-state index in [9.17, 15) is 13.2 Å². The molecule has 8 heteroatoms. The summed E-state index contributed by atoms with van der Waals surface area (Å²) < 4.78 is 27.0. The highest BCUT2D eigenvalue weighted by Gasteiger charge is 2.33. The number of hydrogen-bond donors (Lipinski definition) is 2. The number of nitrogens with zero attached hydrogens (tertiary/aromatic N) is 1.